The van der Waals surface area contributed by atoms with Crippen LogP contribution in [0.25, 0.3) is 0 Å². The van der Waals surface area contributed by atoms with Gasteiger partial charge in [0.15, 0.2) is 0 Å². The minimum atomic E-state index is -1.23. The maximum Gasteiger partial charge on any atom is 0.228 e. The van der Waals surface area contributed by atoms with Gasteiger partial charge in [-0.2, -0.15) is 0 Å². The average Bonchev–Trinajstić information content (AvgIpc) is 3.04. The van der Waals surface area contributed by atoms with Crippen LogP contribution >= 0.6 is 0 Å². The number of piperazine rings is 1. The number of rotatable bonds is 14. The van der Waals surface area contributed by atoms with Crippen LogP contribution < -0.4 is 22.1 Å². The van der Waals surface area contributed by atoms with Gasteiger partial charge in [0.05, 0.1) is 49.0 Å². The standard InChI is InChI=1S/C34H60F2N8O3/c1-5-7-8-25(35)18-40-27(17-23(3)6-2)29(31(37)38)32(45)41-28-20-39-19-26(36)30(28)42-11-9-24(10-12-42)33(46)43-13-15-44(16-14-43)34(4)21-47-22-34/h17-18,24-31,39H,5-16,19-22,37-38H2,1-4H3,(H,41,45)/b23-17-,40-18-. The molecule has 0 aromatic heterocycles. The van der Waals surface area contributed by atoms with Gasteiger partial charge in [-0.15, -0.1) is 0 Å². The zero-order chi connectivity index (χ0) is 34.1. The molecule has 268 valence electrons. The van der Waals surface area contributed by atoms with E-state index in [1.807, 2.05) is 31.7 Å². The molecule has 4 fully saturated rings. The highest BCUT2D eigenvalue weighted by atomic mass is 19.1. The van der Waals surface area contributed by atoms with Crippen LogP contribution in [0.4, 0.5) is 8.78 Å². The summed E-state index contributed by atoms with van der Waals surface area (Å²) in [6, 6.07) is -1.84. The number of carbonyl (C=O) groups excluding carboxylic acids is 2. The number of carbonyl (C=O) groups is 2. The second-order valence-corrected chi connectivity index (χ2v) is 14.3. The molecule has 4 aliphatic rings. The maximum atomic E-state index is 15.6. The SMILES string of the molecule is CCCCC(F)/C=N\C(/C=C(/C)CC)C(C(=O)NC1CNCC(F)C1N1CCC(C(=O)N2CCN(C3(C)COC3)CC2)CC1)C(N)N. The minimum absolute atomic E-state index is 0.0864. The normalized spacial score (nSPS) is 28.7. The van der Waals surface area contributed by atoms with Crippen molar-refractivity contribution in [3.63, 3.8) is 0 Å². The van der Waals surface area contributed by atoms with E-state index in [1.54, 1.807) is 0 Å². The molecular weight excluding hydrogens is 606 g/mol. The van der Waals surface area contributed by atoms with Gasteiger partial charge in [0.25, 0.3) is 0 Å². The number of unbranched alkanes of at least 4 members (excludes halogenated alkanes) is 1. The number of hydrogen-bond donors (Lipinski definition) is 4. The molecule has 6 atom stereocenters. The third-order valence-corrected chi connectivity index (χ3v) is 10.6. The van der Waals surface area contributed by atoms with E-state index in [4.69, 9.17) is 16.2 Å². The molecule has 0 radical (unpaired) electrons. The number of ether oxygens (including phenoxy) is 1. The van der Waals surface area contributed by atoms with E-state index >= 15 is 4.39 Å². The Morgan fingerprint density at radius 1 is 1.11 bits per heavy atom. The van der Waals surface area contributed by atoms with E-state index in [9.17, 15) is 14.0 Å². The van der Waals surface area contributed by atoms with E-state index in [2.05, 4.69) is 32.3 Å². The van der Waals surface area contributed by atoms with E-state index in [1.165, 1.54) is 6.21 Å². The number of piperidine rings is 2. The number of aliphatic imine (C=N–C) groups is 1. The van der Waals surface area contributed by atoms with Crippen LogP contribution in [0.2, 0.25) is 0 Å². The first-order valence-corrected chi connectivity index (χ1v) is 17.8. The van der Waals surface area contributed by atoms with Crippen LogP contribution in [0.15, 0.2) is 16.6 Å². The summed E-state index contributed by atoms with van der Waals surface area (Å²) in [7, 11) is 0. The van der Waals surface area contributed by atoms with Crippen LogP contribution in [0.3, 0.4) is 0 Å². The number of nitrogens with zero attached hydrogens (tertiary/aromatic N) is 4. The summed E-state index contributed by atoms with van der Waals surface area (Å²) in [6.07, 6.45) is 3.60. The zero-order valence-electron chi connectivity index (χ0n) is 29.0. The van der Waals surface area contributed by atoms with Crippen molar-refractivity contribution in [1.82, 2.24) is 25.3 Å². The smallest absolute Gasteiger partial charge is 0.228 e. The molecule has 0 spiro atoms. The molecule has 0 aromatic rings. The Balaban J connectivity index is 1.38. The largest absolute Gasteiger partial charge is 0.377 e. The molecule has 0 bridgehead atoms. The van der Waals surface area contributed by atoms with Crippen molar-refractivity contribution in [1.29, 1.82) is 0 Å². The summed E-state index contributed by atoms with van der Waals surface area (Å²) in [5.74, 6) is -1.28. The lowest BCUT2D eigenvalue weighted by Gasteiger charge is -2.50. The molecule has 4 saturated heterocycles. The molecule has 0 saturated carbocycles. The van der Waals surface area contributed by atoms with Crippen molar-refractivity contribution < 1.29 is 23.1 Å². The van der Waals surface area contributed by atoms with Crippen molar-refractivity contribution >= 4 is 18.0 Å². The molecule has 47 heavy (non-hydrogen) atoms. The Labute approximate surface area is 280 Å². The Kier molecular flexibility index (Phi) is 14.1. The lowest BCUT2D eigenvalue weighted by Crippen LogP contribution is -2.67. The fourth-order valence-electron chi connectivity index (χ4n) is 7.39. The summed E-state index contributed by atoms with van der Waals surface area (Å²) in [5, 5.41) is 6.16. The number of hydrogen-bond acceptors (Lipinski definition) is 9. The first kappa shape index (κ1) is 37.8. The second kappa shape index (κ2) is 17.6. The van der Waals surface area contributed by atoms with Crippen LogP contribution in [0.1, 0.15) is 66.2 Å². The first-order valence-electron chi connectivity index (χ1n) is 17.8. The Morgan fingerprint density at radius 2 is 1.79 bits per heavy atom. The fourth-order valence-corrected chi connectivity index (χ4v) is 7.39. The van der Waals surface area contributed by atoms with E-state index in [0.29, 0.717) is 38.9 Å². The van der Waals surface area contributed by atoms with Gasteiger partial charge in [0.2, 0.25) is 11.8 Å². The molecule has 13 heteroatoms. The predicted molar refractivity (Wildman–Crippen MR) is 182 cm³/mol. The van der Waals surface area contributed by atoms with Crippen LogP contribution in [0.5, 0.6) is 0 Å². The van der Waals surface area contributed by atoms with E-state index in [-0.39, 0.29) is 23.9 Å². The molecule has 4 heterocycles. The van der Waals surface area contributed by atoms with Gasteiger partial charge in [0.1, 0.15) is 12.3 Å². The topological polar surface area (TPSA) is 142 Å². The lowest BCUT2D eigenvalue weighted by molar-refractivity contribution is -0.153. The van der Waals surface area contributed by atoms with Crippen molar-refractivity contribution in [2.45, 2.75) is 108 Å². The third-order valence-electron chi connectivity index (χ3n) is 10.6. The molecule has 0 aromatic carbocycles. The van der Waals surface area contributed by atoms with Crippen LogP contribution in [-0.4, -0.2) is 140 Å². The zero-order valence-corrected chi connectivity index (χ0v) is 29.0. The number of allylic oxidation sites excluding steroid dienone is 1. The number of likely N-dealkylation sites (tertiary alicyclic amines) is 1. The lowest BCUT2D eigenvalue weighted by atomic mass is 9.89. The Bertz CT molecular complexity index is 1070. The molecule has 2 amide bonds. The number of halogens is 2. The average molecular weight is 667 g/mol. The number of nitrogens with two attached hydrogens (primary N) is 2. The van der Waals surface area contributed by atoms with Crippen LogP contribution in [-0.2, 0) is 14.3 Å². The molecule has 11 nitrogen and oxygen atoms in total. The van der Waals surface area contributed by atoms with Gasteiger partial charge in [0, 0.05) is 51.4 Å². The summed E-state index contributed by atoms with van der Waals surface area (Å²) >= 11 is 0. The van der Waals surface area contributed by atoms with Gasteiger partial charge in [-0.25, -0.2) is 8.78 Å². The van der Waals surface area contributed by atoms with Gasteiger partial charge in [-0.3, -0.25) is 24.4 Å². The molecule has 6 N–H and O–H groups in total. The molecule has 0 aliphatic carbocycles. The number of nitrogens with one attached hydrogen (secondary N) is 2. The third kappa shape index (κ3) is 9.78. The van der Waals surface area contributed by atoms with E-state index < -0.39 is 48.5 Å². The molecule has 4 rings (SSSR count). The van der Waals surface area contributed by atoms with Crippen LogP contribution in [0, 0.1) is 11.8 Å². The van der Waals surface area contributed by atoms with Crippen molar-refractivity contribution in [2.24, 2.45) is 28.3 Å². The highest BCUT2D eigenvalue weighted by molar-refractivity contribution is 5.81. The minimum Gasteiger partial charge on any atom is -0.377 e. The van der Waals surface area contributed by atoms with E-state index in [0.717, 1.165) is 64.2 Å². The first-order chi connectivity index (χ1) is 22.5. The molecule has 4 aliphatic heterocycles. The quantitative estimate of drug-likeness (QED) is 0.125. The summed E-state index contributed by atoms with van der Waals surface area (Å²) in [4.78, 5) is 38.3. The van der Waals surface area contributed by atoms with Gasteiger partial charge < -0.3 is 31.7 Å². The maximum absolute atomic E-state index is 15.6. The van der Waals surface area contributed by atoms with Gasteiger partial charge in [-0.1, -0.05) is 38.3 Å². The predicted octanol–water partition coefficient (Wildman–Crippen LogP) is 1.61. The fraction of sp³-hybridized carbons (Fsp3) is 0.853. The Morgan fingerprint density at radius 3 is 2.36 bits per heavy atom. The van der Waals surface area contributed by atoms with Crippen molar-refractivity contribution in [3.05, 3.63) is 11.6 Å². The second-order valence-electron chi connectivity index (χ2n) is 14.3. The van der Waals surface area contributed by atoms with Crippen molar-refractivity contribution in [3.8, 4) is 0 Å². The van der Waals surface area contributed by atoms with Crippen molar-refractivity contribution in [2.75, 3.05) is 65.6 Å². The monoisotopic (exact) mass is 666 g/mol. The van der Waals surface area contributed by atoms with Gasteiger partial charge >= 0.3 is 0 Å². The summed E-state index contributed by atoms with van der Waals surface area (Å²) < 4.78 is 35.6. The van der Waals surface area contributed by atoms with Gasteiger partial charge in [-0.05, 0) is 52.6 Å². The molecule has 6 unspecified atom stereocenters. The number of amides is 2. The Hall–Kier alpha value is -2.03. The molecular formula is C34H60F2N8O3. The number of alkyl halides is 2. The highest BCUT2D eigenvalue weighted by Gasteiger charge is 2.44. The summed E-state index contributed by atoms with van der Waals surface area (Å²) in [5.41, 5.74) is 13.4. The summed E-state index contributed by atoms with van der Waals surface area (Å²) in [6.45, 7) is 14.5. The highest BCUT2D eigenvalue weighted by Crippen LogP contribution is 2.29.